The minimum Gasteiger partial charge on any atom is -0.256 e. The van der Waals surface area contributed by atoms with E-state index in [1.165, 1.54) is 16.2 Å². The minimum atomic E-state index is 0. The summed E-state index contributed by atoms with van der Waals surface area (Å²) in [6, 6.07) is 16.6. The number of fused-ring (bicyclic) bond motifs is 3. The molecule has 3 aromatic rings. The van der Waals surface area contributed by atoms with Gasteiger partial charge < -0.3 is 0 Å². The molecular weight excluding hydrogens is 209 g/mol. The molecule has 0 unspecified atom stereocenters. The largest absolute Gasteiger partial charge is 0.256 e. The maximum atomic E-state index is 4.41. The van der Waals surface area contributed by atoms with E-state index >= 15 is 0 Å². The van der Waals surface area contributed by atoms with Gasteiger partial charge in [-0.2, -0.15) is 0 Å². The van der Waals surface area contributed by atoms with Gasteiger partial charge >= 0.3 is 0 Å². The van der Waals surface area contributed by atoms with Crippen LogP contribution in [0.3, 0.4) is 0 Å². The number of pyridine rings is 1. The minimum absolute atomic E-state index is 0. The molecule has 1 heterocycles. The van der Waals surface area contributed by atoms with Gasteiger partial charge in [-0.1, -0.05) is 42.5 Å². The average molecular weight is 218 g/mol. The van der Waals surface area contributed by atoms with Gasteiger partial charge in [0.2, 0.25) is 0 Å². The standard InChI is InChI=1S/C13H9N.K/c1-2-6-11-10(5-1)9-14-13-8-4-3-7-12(11)13;/h1-9H;. The third-order valence-electron chi connectivity index (χ3n) is 2.50. The zero-order valence-corrected chi connectivity index (χ0v) is 11.8. The topological polar surface area (TPSA) is 12.9 Å². The predicted molar refractivity (Wildman–Crippen MR) is 65.0 cm³/mol. The van der Waals surface area contributed by atoms with Crippen molar-refractivity contribution in [1.29, 1.82) is 0 Å². The van der Waals surface area contributed by atoms with Crippen LogP contribution in [-0.4, -0.2) is 56.4 Å². The fourth-order valence-corrected chi connectivity index (χ4v) is 1.81. The van der Waals surface area contributed by atoms with Crippen molar-refractivity contribution < 1.29 is 0 Å². The maximum absolute atomic E-state index is 4.41. The Bertz CT molecular complexity index is 550. The van der Waals surface area contributed by atoms with Crippen LogP contribution in [0.5, 0.6) is 0 Å². The van der Waals surface area contributed by atoms with Crippen LogP contribution in [0.2, 0.25) is 0 Å². The predicted octanol–water partition coefficient (Wildman–Crippen LogP) is 3.01. The van der Waals surface area contributed by atoms with Gasteiger partial charge in [0.15, 0.2) is 0 Å². The summed E-state index contributed by atoms with van der Waals surface area (Å²) in [5.41, 5.74) is 1.06. The summed E-state index contributed by atoms with van der Waals surface area (Å²) < 4.78 is 0. The second-order valence-electron chi connectivity index (χ2n) is 3.36. The third-order valence-corrected chi connectivity index (χ3v) is 2.50. The number of para-hydroxylation sites is 1. The van der Waals surface area contributed by atoms with E-state index in [2.05, 4.69) is 35.3 Å². The van der Waals surface area contributed by atoms with Crippen molar-refractivity contribution in [1.82, 2.24) is 4.98 Å². The molecule has 0 aliphatic rings. The molecule has 0 aliphatic carbocycles. The molecule has 3 rings (SSSR count). The van der Waals surface area contributed by atoms with Gasteiger partial charge in [0.1, 0.15) is 0 Å². The third kappa shape index (κ3) is 2.01. The van der Waals surface area contributed by atoms with E-state index in [9.17, 15) is 0 Å². The fourth-order valence-electron chi connectivity index (χ4n) is 1.81. The Balaban J connectivity index is 0.000000853. The Morgan fingerprint density at radius 2 is 1.40 bits per heavy atom. The van der Waals surface area contributed by atoms with Crippen LogP contribution < -0.4 is 0 Å². The SMILES string of the molecule is [K].c1ccc2c(c1)cnc1ccccc12. The number of hydrogen-bond donors (Lipinski definition) is 0. The first kappa shape index (κ1) is 11.2. The molecule has 2 aromatic carbocycles. The summed E-state index contributed by atoms with van der Waals surface area (Å²) in [6.07, 6.45) is 1.93. The monoisotopic (exact) mass is 218 g/mol. The van der Waals surface area contributed by atoms with Crippen LogP contribution in [0, 0.1) is 0 Å². The van der Waals surface area contributed by atoms with E-state index in [4.69, 9.17) is 0 Å². The number of rotatable bonds is 0. The Hall–Kier alpha value is -0.254. The molecule has 15 heavy (non-hydrogen) atoms. The van der Waals surface area contributed by atoms with Gasteiger partial charge in [-0.05, 0) is 11.5 Å². The summed E-state index contributed by atoms with van der Waals surface area (Å²) in [7, 11) is 0. The van der Waals surface area contributed by atoms with Gasteiger partial charge in [-0.25, -0.2) is 0 Å². The van der Waals surface area contributed by atoms with Gasteiger partial charge in [-0.3, -0.25) is 4.98 Å². The molecule has 1 nitrogen and oxygen atoms in total. The summed E-state index contributed by atoms with van der Waals surface area (Å²) in [5.74, 6) is 0. The van der Waals surface area contributed by atoms with Crippen molar-refractivity contribution in [3.63, 3.8) is 0 Å². The second-order valence-corrected chi connectivity index (χ2v) is 3.36. The van der Waals surface area contributed by atoms with Gasteiger partial charge in [0, 0.05) is 68.4 Å². The zero-order valence-electron chi connectivity index (χ0n) is 8.64. The number of benzene rings is 2. The van der Waals surface area contributed by atoms with Crippen LogP contribution in [0.4, 0.5) is 0 Å². The normalized spacial score (nSPS) is 10.1. The van der Waals surface area contributed by atoms with E-state index < -0.39 is 0 Å². The fraction of sp³-hybridized carbons (Fsp3) is 0. The molecule has 0 N–H and O–H groups in total. The van der Waals surface area contributed by atoms with Crippen molar-refractivity contribution in [2.24, 2.45) is 0 Å². The van der Waals surface area contributed by atoms with Crippen LogP contribution in [0.25, 0.3) is 21.7 Å². The van der Waals surface area contributed by atoms with E-state index in [-0.39, 0.29) is 51.4 Å². The summed E-state index contributed by atoms with van der Waals surface area (Å²) in [4.78, 5) is 4.41. The van der Waals surface area contributed by atoms with Crippen molar-refractivity contribution in [3.05, 3.63) is 54.7 Å². The van der Waals surface area contributed by atoms with Gasteiger partial charge in [0.25, 0.3) is 0 Å². The van der Waals surface area contributed by atoms with Crippen LogP contribution in [-0.2, 0) is 0 Å². The summed E-state index contributed by atoms with van der Waals surface area (Å²) in [5, 5.41) is 3.70. The Morgan fingerprint density at radius 1 is 0.733 bits per heavy atom. The molecule has 0 fully saturated rings. The van der Waals surface area contributed by atoms with E-state index in [0.29, 0.717) is 0 Å². The van der Waals surface area contributed by atoms with Crippen molar-refractivity contribution in [2.75, 3.05) is 0 Å². The molecule has 2 heteroatoms. The molecule has 1 aromatic heterocycles. The first-order chi connectivity index (χ1) is 6.95. The van der Waals surface area contributed by atoms with E-state index in [0.717, 1.165) is 5.52 Å². The Kier molecular flexibility index (Phi) is 3.54. The first-order valence-electron chi connectivity index (χ1n) is 4.68. The summed E-state index contributed by atoms with van der Waals surface area (Å²) >= 11 is 0. The molecule has 1 radical (unpaired) electrons. The maximum Gasteiger partial charge on any atom is 0.0708 e. The molecule has 0 saturated heterocycles. The van der Waals surface area contributed by atoms with Crippen molar-refractivity contribution >= 4 is 73.1 Å². The average Bonchev–Trinajstić information content (AvgIpc) is 2.29. The van der Waals surface area contributed by atoms with Crippen LogP contribution in [0.15, 0.2) is 54.7 Å². The molecule has 0 atom stereocenters. The molecule has 0 saturated carbocycles. The molecular formula is C13H9KN. The van der Waals surface area contributed by atoms with Crippen molar-refractivity contribution in [3.8, 4) is 0 Å². The van der Waals surface area contributed by atoms with Gasteiger partial charge in [0.05, 0.1) is 5.52 Å². The van der Waals surface area contributed by atoms with Crippen molar-refractivity contribution in [2.45, 2.75) is 0 Å². The van der Waals surface area contributed by atoms with E-state index in [1.54, 1.807) is 0 Å². The number of aromatic nitrogens is 1. The number of hydrogen-bond acceptors (Lipinski definition) is 1. The quantitative estimate of drug-likeness (QED) is 0.417. The molecule has 0 spiro atoms. The molecule has 67 valence electrons. The Labute approximate surface area is 131 Å². The zero-order chi connectivity index (χ0) is 9.38. The molecule has 0 aliphatic heterocycles. The Morgan fingerprint density at radius 3 is 2.27 bits per heavy atom. The molecule has 0 bridgehead atoms. The van der Waals surface area contributed by atoms with E-state index in [1.807, 2.05) is 24.4 Å². The second kappa shape index (κ2) is 4.72. The van der Waals surface area contributed by atoms with Crippen LogP contribution in [0.1, 0.15) is 0 Å². The smallest absolute Gasteiger partial charge is 0.0708 e. The number of nitrogens with zero attached hydrogens (tertiary/aromatic N) is 1. The summed E-state index contributed by atoms with van der Waals surface area (Å²) in [6.45, 7) is 0. The van der Waals surface area contributed by atoms with Gasteiger partial charge in [-0.15, -0.1) is 0 Å². The van der Waals surface area contributed by atoms with Crippen LogP contribution >= 0.6 is 0 Å². The molecule has 0 amide bonds. The first-order valence-corrected chi connectivity index (χ1v) is 4.68.